The molecular weight excluding hydrogens is 198 g/mol. The maximum atomic E-state index is 11.4. The Hall–Kier alpha value is -1.10. The summed E-state index contributed by atoms with van der Waals surface area (Å²) in [6.07, 6.45) is -0.635. The molecule has 5 heteroatoms. The summed E-state index contributed by atoms with van der Waals surface area (Å²) in [5, 5.41) is 12.1. The summed E-state index contributed by atoms with van der Waals surface area (Å²) in [6, 6.07) is 0. The van der Waals surface area contributed by atoms with Crippen LogP contribution in [0.25, 0.3) is 0 Å². The molecule has 0 aromatic carbocycles. The van der Waals surface area contributed by atoms with E-state index in [9.17, 15) is 14.7 Å². The van der Waals surface area contributed by atoms with E-state index >= 15 is 0 Å². The average molecular weight is 217 g/mol. The monoisotopic (exact) mass is 217 g/mol. The van der Waals surface area contributed by atoms with Gasteiger partial charge in [0.15, 0.2) is 11.7 Å². The lowest BCUT2D eigenvalue weighted by molar-refractivity contribution is -0.171. The number of hydrogen-bond acceptors (Lipinski definition) is 4. The highest BCUT2D eigenvalue weighted by atomic mass is 16.6. The van der Waals surface area contributed by atoms with E-state index < -0.39 is 17.7 Å². The summed E-state index contributed by atoms with van der Waals surface area (Å²) in [7, 11) is 0. The van der Waals surface area contributed by atoms with Gasteiger partial charge in [-0.15, -0.1) is 0 Å². The van der Waals surface area contributed by atoms with Gasteiger partial charge < -0.3 is 15.2 Å². The summed E-state index contributed by atoms with van der Waals surface area (Å²) >= 11 is 0. The number of esters is 1. The van der Waals surface area contributed by atoms with Crippen molar-refractivity contribution in [2.75, 3.05) is 6.54 Å². The molecule has 0 aromatic rings. The number of rotatable bonds is 5. The lowest BCUT2D eigenvalue weighted by atomic mass is 10.0. The zero-order chi connectivity index (χ0) is 12.1. The Morgan fingerprint density at radius 1 is 1.47 bits per heavy atom. The van der Waals surface area contributed by atoms with Crippen LogP contribution in [0.2, 0.25) is 0 Å². The van der Waals surface area contributed by atoms with Crippen LogP contribution in [0.15, 0.2) is 0 Å². The zero-order valence-corrected chi connectivity index (χ0v) is 9.66. The van der Waals surface area contributed by atoms with Crippen LogP contribution >= 0.6 is 0 Å². The molecular formula is C10H19NO4. The summed E-state index contributed by atoms with van der Waals surface area (Å²) in [5.74, 6) is -1.14. The maximum Gasteiger partial charge on any atom is 0.338 e. The van der Waals surface area contributed by atoms with Gasteiger partial charge in [0.1, 0.15) is 0 Å². The maximum absolute atomic E-state index is 11.4. The minimum Gasteiger partial charge on any atom is -0.450 e. The summed E-state index contributed by atoms with van der Waals surface area (Å²) in [6.45, 7) is 6.74. The Kier molecular flexibility index (Phi) is 5.28. The number of likely N-dealkylation sites (N-methyl/N-ethyl adjacent to an activating group) is 1. The third kappa shape index (κ3) is 4.29. The Morgan fingerprint density at radius 3 is 2.40 bits per heavy atom. The lowest BCUT2D eigenvalue weighted by Crippen LogP contribution is -2.42. The van der Waals surface area contributed by atoms with Crippen LogP contribution in [0.5, 0.6) is 0 Å². The highest BCUT2D eigenvalue weighted by Crippen LogP contribution is 2.11. The normalized spacial score (nSPS) is 16.3. The Balaban J connectivity index is 4.24. The van der Waals surface area contributed by atoms with Crippen LogP contribution in [0.4, 0.5) is 0 Å². The molecule has 0 radical (unpaired) electrons. The topological polar surface area (TPSA) is 75.6 Å². The molecule has 88 valence electrons. The standard InChI is InChI=1S/C10H19NO4/c1-5-10(4,14)9(13)15-7(3)8(12)11-6-2/h7,14H,5-6H2,1-4H3,(H,11,12). The first-order valence-electron chi connectivity index (χ1n) is 5.06. The van der Waals surface area contributed by atoms with Crippen molar-refractivity contribution in [2.24, 2.45) is 0 Å². The molecule has 2 N–H and O–H groups in total. The van der Waals surface area contributed by atoms with Crippen molar-refractivity contribution in [1.82, 2.24) is 5.32 Å². The molecule has 0 aromatic heterocycles. The van der Waals surface area contributed by atoms with Crippen LogP contribution in [0, 0.1) is 0 Å². The van der Waals surface area contributed by atoms with Crippen molar-refractivity contribution in [3.8, 4) is 0 Å². The molecule has 5 nitrogen and oxygen atoms in total. The largest absolute Gasteiger partial charge is 0.450 e. The first-order chi connectivity index (χ1) is 6.85. The van der Waals surface area contributed by atoms with Crippen molar-refractivity contribution in [1.29, 1.82) is 0 Å². The number of nitrogens with one attached hydrogen (secondary N) is 1. The van der Waals surface area contributed by atoms with Gasteiger partial charge in [0, 0.05) is 6.54 Å². The van der Waals surface area contributed by atoms with Crippen LogP contribution in [-0.4, -0.2) is 35.2 Å². The van der Waals surface area contributed by atoms with Gasteiger partial charge in [-0.05, 0) is 27.2 Å². The summed E-state index contributed by atoms with van der Waals surface area (Å²) in [4.78, 5) is 22.6. The molecule has 0 rings (SSSR count). The predicted octanol–water partition coefficient (Wildman–Crippen LogP) is 0.215. The minimum absolute atomic E-state index is 0.244. The minimum atomic E-state index is -1.53. The second kappa shape index (κ2) is 5.70. The van der Waals surface area contributed by atoms with Crippen LogP contribution in [0.1, 0.15) is 34.1 Å². The summed E-state index contributed by atoms with van der Waals surface area (Å²) < 4.78 is 4.82. The highest BCUT2D eigenvalue weighted by molar-refractivity contribution is 5.85. The fourth-order valence-corrected chi connectivity index (χ4v) is 0.803. The van der Waals surface area contributed by atoms with E-state index in [1.165, 1.54) is 13.8 Å². The lowest BCUT2D eigenvalue weighted by Gasteiger charge is -2.21. The number of ether oxygens (including phenoxy) is 1. The van der Waals surface area contributed by atoms with Crippen molar-refractivity contribution in [3.05, 3.63) is 0 Å². The molecule has 0 fully saturated rings. The molecule has 2 unspecified atom stereocenters. The van der Waals surface area contributed by atoms with Crippen molar-refractivity contribution in [3.63, 3.8) is 0 Å². The molecule has 0 heterocycles. The quantitative estimate of drug-likeness (QED) is 0.646. The van der Waals surface area contributed by atoms with Gasteiger partial charge in [-0.1, -0.05) is 6.92 Å². The third-order valence-electron chi connectivity index (χ3n) is 2.13. The van der Waals surface area contributed by atoms with Gasteiger partial charge in [-0.3, -0.25) is 4.79 Å². The summed E-state index contributed by atoms with van der Waals surface area (Å²) in [5.41, 5.74) is -1.53. The molecule has 0 saturated heterocycles. The smallest absolute Gasteiger partial charge is 0.338 e. The van der Waals surface area contributed by atoms with Gasteiger partial charge in [-0.25, -0.2) is 4.79 Å². The molecule has 1 amide bonds. The SMILES string of the molecule is CCNC(=O)C(C)OC(=O)C(C)(O)CC. The van der Waals surface area contributed by atoms with E-state index in [1.807, 2.05) is 0 Å². The van der Waals surface area contributed by atoms with Crippen molar-refractivity contribution in [2.45, 2.75) is 45.8 Å². The molecule has 15 heavy (non-hydrogen) atoms. The van der Waals surface area contributed by atoms with Gasteiger partial charge in [0.2, 0.25) is 0 Å². The molecule has 0 spiro atoms. The Morgan fingerprint density at radius 2 is 2.00 bits per heavy atom. The van der Waals surface area contributed by atoms with E-state index in [0.717, 1.165) is 0 Å². The second-order valence-electron chi connectivity index (χ2n) is 3.57. The Labute approximate surface area is 89.8 Å². The van der Waals surface area contributed by atoms with E-state index in [4.69, 9.17) is 4.74 Å². The molecule has 2 atom stereocenters. The van der Waals surface area contributed by atoms with Crippen molar-refractivity contribution < 1.29 is 19.4 Å². The number of hydrogen-bond donors (Lipinski definition) is 2. The Bertz CT molecular complexity index is 238. The van der Waals surface area contributed by atoms with Crippen molar-refractivity contribution >= 4 is 11.9 Å². The van der Waals surface area contributed by atoms with E-state index in [0.29, 0.717) is 6.54 Å². The average Bonchev–Trinajstić information content (AvgIpc) is 2.17. The zero-order valence-electron chi connectivity index (χ0n) is 9.66. The van der Waals surface area contributed by atoms with E-state index in [-0.39, 0.29) is 12.3 Å². The van der Waals surface area contributed by atoms with Crippen LogP contribution in [-0.2, 0) is 14.3 Å². The fourth-order valence-electron chi connectivity index (χ4n) is 0.803. The van der Waals surface area contributed by atoms with Gasteiger partial charge in [0.25, 0.3) is 5.91 Å². The van der Waals surface area contributed by atoms with Gasteiger partial charge in [0.05, 0.1) is 0 Å². The second-order valence-corrected chi connectivity index (χ2v) is 3.57. The first kappa shape index (κ1) is 13.9. The highest BCUT2D eigenvalue weighted by Gasteiger charge is 2.32. The first-order valence-corrected chi connectivity index (χ1v) is 5.06. The number of carbonyl (C=O) groups excluding carboxylic acids is 2. The molecule has 0 aliphatic heterocycles. The van der Waals surface area contributed by atoms with Gasteiger partial charge >= 0.3 is 5.97 Å². The number of amides is 1. The third-order valence-corrected chi connectivity index (χ3v) is 2.13. The molecule has 0 aliphatic carbocycles. The van der Waals surface area contributed by atoms with E-state index in [2.05, 4.69) is 5.32 Å². The van der Waals surface area contributed by atoms with Gasteiger partial charge in [-0.2, -0.15) is 0 Å². The molecule has 0 aliphatic rings. The molecule has 0 bridgehead atoms. The van der Waals surface area contributed by atoms with Crippen LogP contribution < -0.4 is 5.32 Å². The van der Waals surface area contributed by atoms with Crippen LogP contribution in [0.3, 0.4) is 0 Å². The van der Waals surface area contributed by atoms with E-state index in [1.54, 1.807) is 13.8 Å². The predicted molar refractivity (Wildman–Crippen MR) is 55.2 cm³/mol. The fraction of sp³-hybridized carbons (Fsp3) is 0.800. The number of carbonyl (C=O) groups is 2. The molecule has 0 saturated carbocycles. The number of aliphatic hydroxyl groups is 1.